The number of halogens is 1. The summed E-state index contributed by atoms with van der Waals surface area (Å²) in [5, 5.41) is 18.1. The molecule has 0 aliphatic heterocycles. The summed E-state index contributed by atoms with van der Waals surface area (Å²) < 4.78 is 16.7. The van der Waals surface area contributed by atoms with E-state index in [-0.39, 0.29) is 35.5 Å². The minimum atomic E-state index is -0.578. The van der Waals surface area contributed by atoms with E-state index < -0.39 is 10.8 Å². The molecule has 2 N–H and O–H groups in total. The average Bonchev–Trinajstić information content (AvgIpc) is 3.56. The first kappa shape index (κ1) is 26.4. The van der Waals surface area contributed by atoms with E-state index in [1.54, 1.807) is 62.4 Å². The van der Waals surface area contributed by atoms with Gasteiger partial charge < -0.3 is 18.9 Å². The van der Waals surface area contributed by atoms with Gasteiger partial charge in [0.05, 0.1) is 10.6 Å². The van der Waals surface area contributed by atoms with Crippen molar-refractivity contribution in [1.82, 2.24) is 5.43 Å². The van der Waals surface area contributed by atoms with Crippen LogP contribution >= 0.6 is 15.9 Å². The first-order valence-corrected chi connectivity index (χ1v) is 12.0. The lowest BCUT2D eigenvalue weighted by Gasteiger charge is -2.06. The summed E-state index contributed by atoms with van der Waals surface area (Å²) in [5.74, 6) is -0.383. The van der Waals surface area contributed by atoms with Gasteiger partial charge in [0.1, 0.15) is 12.4 Å². The van der Waals surface area contributed by atoms with Crippen molar-refractivity contribution in [2.45, 2.75) is 20.5 Å². The Hall–Kier alpha value is -4.71. The second-order valence-electron chi connectivity index (χ2n) is 8.06. The van der Waals surface area contributed by atoms with Crippen LogP contribution in [0.5, 0.6) is 5.75 Å². The minimum absolute atomic E-state index is 0.00109. The topological polar surface area (TPSA) is 149 Å². The van der Waals surface area contributed by atoms with Crippen LogP contribution < -0.4 is 15.5 Å². The maximum absolute atomic E-state index is 12.5. The molecule has 0 aliphatic rings. The Bertz CT molecular complexity index is 1520. The van der Waals surface area contributed by atoms with Gasteiger partial charge in [-0.3, -0.25) is 19.7 Å². The monoisotopic (exact) mass is 580 g/mol. The van der Waals surface area contributed by atoms with Crippen LogP contribution in [0.4, 0.5) is 11.4 Å². The van der Waals surface area contributed by atoms with Gasteiger partial charge in [-0.25, -0.2) is 5.43 Å². The van der Waals surface area contributed by atoms with Gasteiger partial charge in [-0.15, -0.1) is 0 Å². The number of amides is 2. The van der Waals surface area contributed by atoms with Gasteiger partial charge in [0, 0.05) is 11.8 Å². The molecule has 4 aromatic rings. The van der Waals surface area contributed by atoms with Crippen LogP contribution in [0.2, 0.25) is 0 Å². The summed E-state index contributed by atoms with van der Waals surface area (Å²) >= 11 is 3.15. The quantitative estimate of drug-likeness (QED) is 0.143. The van der Waals surface area contributed by atoms with Gasteiger partial charge >= 0.3 is 11.6 Å². The molecule has 0 saturated heterocycles. The molecular formula is C26H21BrN4O7. The van der Waals surface area contributed by atoms with Crippen LogP contribution in [-0.4, -0.2) is 22.4 Å². The molecule has 0 radical (unpaired) electrons. The lowest BCUT2D eigenvalue weighted by atomic mass is 10.1. The highest BCUT2D eigenvalue weighted by Gasteiger charge is 2.17. The third-order valence-electron chi connectivity index (χ3n) is 5.25. The Morgan fingerprint density at radius 3 is 2.39 bits per heavy atom. The molecule has 2 amide bonds. The van der Waals surface area contributed by atoms with E-state index in [0.29, 0.717) is 21.8 Å². The van der Waals surface area contributed by atoms with Crippen LogP contribution in [0.15, 0.2) is 85.3 Å². The van der Waals surface area contributed by atoms with Gasteiger partial charge in [-0.1, -0.05) is 18.2 Å². The molecule has 0 saturated carbocycles. The van der Waals surface area contributed by atoms with Gasteiger partial charge in [0.15, 0.2) is 21.9 Å². The van der Waals surface area contributed by atoms with E-state index in [9.17, 15) is 19.7 Å². The molecule has 194 valence electrons. The molecule has 0 spiro atoms. The van der Waals surface area contributed by atoms with Crippen LogP contribution in [0, 0.1) is 17.0 Å². The van der Waals surface area contributed by atoms with Crippen molar-refractivity contribution in [3.05, 3.63) is 110 Å². The van der Waals surface area contributed by atoms with Crippen molar-refractivity contribution >= 4 is 44.8 Å². The number of carbonyl (C=O) groups excluding carboxylic acids is 2. The summed E-state index contributed by atoms with van der Waals surface area (Å²) in [4.78, 5) is 35.4. The smallest absolute Gasteiger partial charge is 0.311 e. The zero-order valence-corrected chi connectivity index (χ0v) is 21.8. The fraction of sp³-hybridized carbons (Fsp3) is 0.115. The number of nitro groups is 1. The maximum Gasteiger partial charge on any atom is 0.311 e. The Labute approximate surface area is 224 Å². The number of hydrazone groups is 1. The van der Waals surface area contributed by atoms with Crippen molar-refractivity contribution in [3.8, 4) is 5.75 Å². The van der Waals surface area contributed by atoms with E-state index in [2.05, 4.69) is 31.8 Å². The molecule has 11 nitrogen and oxygen atoms in total. The zero-order chi connectivity index (χ0) is 27.2. The lowest BCUT2D eigenvalue weighted by Crippen LogP contribution is -2.18. The van der Waals surface area contributed by atoms with Crippen LogP contribution in [0.1, 0.15) is 44.9 Å². The highest BCUT2D eigenvalue weighted by molar-refractivity contribution is 9.10. The third kappa shape index (κ3) is 6.53. The summed E-state index contributed by atoms with van der Waals surface area (Å²) in [7, 11) is 0. The number of nitro benzene ring substituents is 1. The highest BCUT2D eigenvalue weighted by atomic mass is 79.9. The fourth-order valence-electron chi connectivity index (χ4n) is 3.30. The first-order chi connectivity index (χ1) is 18.2. The summed E-state index contributed by atoms with van der Waals surface area (Å²) in [6.07, 6.45) is 0. The number of benzene rings is 2. The molecule has 0 aliphatic carbocycles. The zero-order valence-electron chi connectivity index (χ0n) is 20.2. The van der Waals surface area contributed by atoms with E-state index in [0.717, 1.165) is 11.1 Å². The normalized spacial score (nSPS) is 11.2. The van der Waals surface area contributed by atoms with Gasteiger partial charge in [0.25, 0.3) is 5.91 Å². The Kier molecular flexibility index (Phi) is 8.02. The molecule has 38 heavy (non-hydrogen) atoms. The molecule has 0 fully saturated rings. The number of nitrogens with zero attached hydrogens (tertiary/aromatic N) is 2. The number of anilines is 1. The largest absolute Gasteiger partial charge is 0.479 e. The first-order valence-electron chi connectivity index (χ1n) is 11.2. The lowest BCUT2D eigenvalue weighted by molar-refractivity contribution is -0.386. The Balaban J connectivity index is 1.32. The van der Waals surface area contributed by atoms with Crippen molar-refractivity contribution in [3.63, 3.8) is 0 Å². The number of ether oxygens (including phenoxy) is 1. The van der Waals surface area contributed by atoms with Crippen LogP contribution in [0.25, 0.3) is 0 Å². The predicted molar refractivity (Wildman–Crippen MR) is 141 cm³/mol. The molecule has 4 rings (SSSR count). The van der Waals surface area contributed by atoms with Gasteiger partial charge in [-0.05, 0) is 83.4 Å². The van der Waals surface area contributed by atoms with Gasteiger partial charge in [0.2, 0.25) is 0 Å². The third-order valence-corrected chi connectivity index (χ3v) is 5.68. The standard InChI is InChI=1S/C26H21BrN4O7/c1-15-3-9-21(20(13-15)31(34)35)36-14-19-8-10-23(37-19)26(33)30-29-16(2)17-4-6-18(7-5-17)28-25(32)22-11-12-24(27)38-22/h3-13H,14H2,1-2H3,(H,28,32)(H,30,33). The molecule has 0 unspecified atom stereocenters. The second-order valence-corrected chi connectivity index (χ2v) is 8.84. The number of furan rings is 2. The predicted octanol–water partition coefficient (Wildman–Crippen LogP) is 5.84. The molecular weight excluding hydrogens is 560 g/mol. The number of nitrogens with one attached hydrogen (secondary N) is 2. The molecule has 0 atom stereocenters. The van der Waals surface area contributed by atoms with E-state index in [1.165, 1.54) is 18.2 Å². The number of aryl methyl sites for hydroxylation is 1. The SMILES string of the molecule is CC(=NNC(=O)c1ccc(COc2ccc(C)cc2[N+](=O)[O-])o1)c1ccc(NC(=O)c2ccc(Br)o2)cc1. The average molecular weight is 581 g/mol. The maximum atomic E-state index is 12.5. The molecule has 2 heterocycles. The van der Waals surface area contributed by atoms with Gasteiger partial charge in [-0.2, -0.15) is 5.10 Å². The van der Waals surface area contributed by atoms with Crippen LogP contribution in [-0.2, 0) is 6.61 Å². The van der Waals surface area contributed by atoms with Crippen molar-refractivity contribution in [2.75, 3.05) is 5.32 Å². The van der Waals surface area contributed by atoms with Crippen molar-refractivity contribution < 1.29 is 28.1 Å². The molecule has 2 aromatic carbocycles. The van der Waals surface area contributed by atoms with Crippen molar-refractivity contribution in [1.29, 1.82) is 0 Å². The molecule has 0 bridgehead atoms. The fourth-order valence-corrected chi connectivity index (χ4v) is 3.60. The van der Waals surface area contributed by atoms with E-state index in [4.69, 9.17) is 13.6 Å². The number of carbonyl (C=O) groups is 2. The molecule has 2 aromatic heterocycles. The summed E-state index contributed by atoms with van der Waals surface area (Å²) in [5.41, 5.74) is 4.81. The Morgan fingerprint density at radius 2 is 1.71 bits per heavy atom. The number of rotatable bonds is 9. The van der Waals surface area contributed by atoms with Crippen molar-refractivity contribution in [2.24, 2.45) is 5.10 Å². The number of hydrogen-bond acceptors (Lipinski definition) is 8. The highest BCUT2D eigenvalue weighted by Crippen LogP contribution is 2.28. The van der Waals surface area contributed by atoms with Crippen LogP contribution in [0.3, 0.4) is 0 Å². The summed E-state index contributed by atoms with van der Waals surface area (Å²) in [6.45, 7) is 3.36. The van der Waals surface area contributed by atoms with E-state index in [1.807, 2.05) is 0 Å². The molecule has 12 heteroatoms. The van der Waals surface area contributed by atoms with E-state index >= 15 is 0 Å². The summed E-state index contributed by atoms with van der Waals surface area (Å²) in [6, 6.07) is 17.7. The second kappa shape index (κ2) is 11.6. The minimum Gasteiger partial charge on any atom is -0.479 e. The Morgan fingerprint density at radius 1 is 1.00 bits per heavy atom. The number of hydrogen-bond donors (Lipinski definition) is 2.